The van der Waals surface area contributed by atoms with Crippen LogP contribution in [-0.2, 0) is 26.9 Å². The molecule has 4 nitrogen and oxygen atoms in total. The summed E-state index contributed by atoms with van der Waals surface area (Å²) in [4.78, 5) is 14.0. The van der Waals surface area contributed by atoms with Gasteiger partial charge in [0.1, 0.15) is 12.9 Å². The van der Waals surface area contributed by atoms with Crippen molar-refractivity contribution in [1.29, 1.82) is 0 Å². The molecule has 0 radical (unpaired) electrons. The van der Waals surface area contributed by atoms with E-state index >= 15 is 4.57 Å². The molecule has 0 saturated heterocycles. The van der Waals surface area contributed by atoms with Gasteiger partial charge in [-0.2, -0.15) is 0 Å². The van der Waals surface area contributed by atoms with E-state index in [2.05, 4.69) is 36.4 Å². The summed E-state index contributed by atoms with van der Waals surface area (Å²) in [5, 5.41) is 0. The number of hydrogen-bond donors (Lipinski definition) is 0. The maximum absolute atomic E-state index is 15.0. The van der Waals surface area contributed by atoms with E-state index in [4.69, 9.17) is 4.74 Å². The Morgan fingerprint density at radius 3 is 2.06 bits per heavy atom. The van der Waals surface area contributed by atoms with Gasteiger partial charge in [-0.3, -0.25) is 0 Å². The van der Waals surface area contributed by atoms with Gasteiger partial charge in [-0.1, -0.05) is 84.9 Å². The fourth-order valence-electron chi connectivity index (χ4n) is 4.55. The number of fused-ring (bicyclic) bond motifs is 1. The highest BCUT2D eigenvalue weighted by Crippen LogP contribution is 2.62. The van der Waals surface area contributed by atoms with Crippen LogP contribution in [0, 0.1) is 0 Å². The number of rotatable bonds is 10. The third kappa shape index (κ3) is 6.41. The molecule has 4 rings (SSSR count). The van der Waals surface area contributed by atoms with Gasteiger partial charge in [-0.15, -0.1) is 0 Å². The fraction of sp³-hybridized carbons (Fsp3) is 0.233. The number of carbonyl (C=O) groups excluding carboxylic acids is 1. The van der Waals surface area contributed by atoms with E-state index in [1.54, 1.807) is 13.1 Å². The van der Waals surface area contributed by atoms with Crippen molar-refractivity contribution in [2.24, 2.45) is 0 Å². The van der Waals surface area contributed by atoms with Gasteiger partial charge in [0, 0.05) is 30.8 Å². The third-order valence-corrected chi connectivity index (χ3v) is 9.74. The summed E-state index contributed by atoms with van der Waals surface area (Å²) >= 11 is 0. The van der Waals surface area contributed by atoms with Gasteiger partial charge in [0.2, 0.25) is 0 Å². The Balaban J connectivity index is 1.70. The molecule has 1 aliphatic heterocycles. The van der Waals surface area contributed by atoms with Gasteiger partial charge in [0.05, 0.1) is 6.61 Å². The Bertz CT molecular complexity index is 1170. The number of benzene rings is 3. The van der Waals surface area contributed by atoms with Crippen molar-refractivity contribution in [2.45, 2.75) is 25.5 Å². The number of hydrogen-bond acceptors (Lipinski definition) is 4. The molecule has 5 heteroatoms. The molecule has 180 valence electrons. The first kappa shape index (κ1) is 24.8. The molecule has 35 heavy (non-hydrogen) atoms. The van der Waals surface area contributed by atoms with Crippen LogP contribution in [0.2, 0.25) is 0 Å². The molecule has 3 aromatic rings. The standard InChI is InChI=1S/C30H32NO3P/c1-2-34-29(32)18-22-31-21-17-27-15-9-10-16-28(27)30(31)35(33,23-19-25-11-5-3-6-12-25)24-20-26-13-7-4-8-14-26/h3-18,21-22,30H,2,19-20,23-24H2,1H3/b22-18+. The Morgan fingerprint density at radius 2 is 1.46 bits per heavy atom. The summed E-state index contributed by atoms with van der Waals surface area (Å²) in [6.45, 7) is 2.10. The molecular formula is C30H32NO3P. The zero-order valence-electron chi connectivity index (χ0n) is 20.1. The molecule has 0 spiro atoms. The predicted molar refractivity (Wildman–Crippen MR) is 143 cm³/mol. The van der Waals surface area contributed by atoms with Gasteiger partial charge in [-0.05, 0) is 48.1 Å². The first-order valence-electron chi connectivity index (χ1n) is 12.1. The summed E-state index contributed by atoms with van der Waals surface area (Å²) in [6.07, 6.45) is 9.73. The molecule has 0 bridgehead atoms. The summed E-state index contributed by atoms with van der Waals surface area (Å²) < 4.78 is 20.1. The molecular weight excluding hydrogens is 453 g/mol. The average Bonchev–Trinajstić information content (AvgIpc) is 2.90. The maximum Gasteiger partial charge on any atom is 0.332 e. The topological polar surface area (TPSA) is 46.6 Å². The van der Waals surface area contributed by atoms with Crippen LogP contribution < -0.4 is 0 Å². The molecule has 3 aromatic carbocycles. The average molecular weight is 486 g/mol. The SMILES string of the molecule is CCOC(=O)/C=C/N1C=Cc2ccccc2C1P(=O)(CCc1ccccc1)CCc1ccccc1. The lowest BCUT2D eigenvalue weighted by Crippen LogP contribution is -2.25. The van der Waals surface area contributed by atoms with Crippen molar-refractivity contribution >= 4 is 19.2 Å². The van der Waals surface area contributed by atoms with Crippen LogP contribution >= 0.6 is 7.14 Å². The monoisotopic (exact) mass is 485 g/mol. The normalized spacial score (nSPS) is 15.2. The Kier molecular flexibility index (Phi) is 8.39. The van der Waals surface area contributed by atoms with Crippen LogP contribution in [0.5, 0.6) is 0 Å². The number of ether oxygens (including phenoxy) is 1. The summed E-state index contributed by atoms with van der Waals surface area (Å²) in [7, 11) is -2.82. The molecule has 1 aliphatic rings. The van der Waals surface area contributed by atoms with Crippen LogP contribution in [0.4, 0.5) is 0 Å². The highest BCUT2D eigenvalue weighted by atomic mass is 31.2. The van der Waals surface area contributed by atoms with Crippen LogP contribution in [0.3, 0.4) is 0 Å². The minimum absolute atomic E-state index is 0.317. The van der Waals surface area contributed by atoms with Gasteiger partial charge < -0.3 is 14.2 Å². The molecule has 0 N–H and O–H groups in total. The van der Waals surface area contributed by atoms with E-state index in [1.807, 2.05) is 65.7 Å². The molecule has 1 unspecified atom stereocenters. The Labute approximate surface area is 208 Å². The van der Waals surface area contributed by atoms with Crippen LogP contribution in [0.1, 0.15) is 35.0 Å². The minimum Gasteiger partial charge on any atom is -0.463 e. The second-order valence-electron chi connectivity index (χ2n) is 8.70. The van der Waals surface area contributed by atoms with E-state index in [0.717, 1.165) is 24.0 Å². The number of carbonyl (C=O) groups is 1. The number of aryl methyl sites for hydroxylation is 2. The van der Waals surface area contributed by atoms with Crippen LogP contribution in [0.15, 0.2) is 103 Å². The zero-order chi connectivity index (χ0) is 24.5. The van der Waals surface area contributed by atoms with E-state index in [1.165, 1.54) is 17.2 Å². The summed E-state index contributed by atoms with van der Waals surface area (Å²) in [5.41, 5.74) is 4.47. The van der Waals surface area contributed by atoms with E-state index in [-0.39, 0.29) is 5.78 Å². The van der Waals surface area contributed by atoms with Crippen molar-refractivity contribution in [2.75, 3.05) is 18.9 Å². The molecule has 0 amide bonds. The molecule has 0 aromatic heterocycles. The largest absolute Gasteiger partial charge is 0.463 e. The fourth-order valence-corrected chi connectivity index (χ4v) is 7.92. The first-order chi connectivity index (χ1) is 17.1. The molecule has 0 saturated carbocycles. The van der Waals surface area contributed by atoms with Crippen LogP contribution in [-0.4, -0.2) is 29.8 Å². The molecule has 0 fully saturated rings. The molecule has 1 heterocycles. The highest BCUT2D eigenvalue weighted by molar-refractivity contribution is 7.64. The van der Waals surface area contributed by atoms with Gasteiger partial charge in [0.25, 0.3) is 0 Å². The predicted octanol–water partition coefficient (Wildman–Crippen LogP) is 6.90. The summed E-state index contributed by atoms with van der Waals surface area (Å²) in [6, 6.07) is 28.6. The van der Waals surface area contributed by atoms with Gasteiger partial charge in [-0.25, -0.2) is 4.79 Å². The first-order valence-corrected chi connectivity index (χ1v) is 14.3. The lowest BCUT2D eigenvalue weighted by Gasteiger charge is -2.38. The van der Waals surface area contributed by atoms with E-state index in [9.17, 15) is 4.79 Å². The molecule has 0 aliphatic carbocycles. The zero-order valence-corrected chi connectivity index (χ0v) is 21.0. The highest BCUT2D eigenvalue weighted by Gasteiger charge is 2.38. The Hall–Kier alpha value is -3.36. The second-order valence-corrected chi connectivity index (χ2v) is 12.0. The van der Waals surface area contributed by atoms with Crippen molar-refractivity contribution in [1.82, 2.24) is 4.90 Å². The summed E-state index contributed by atoms with van der Waals surface area (Å²) in [5.74, 6) is -0.747. The smallest absolute Gasteiger partial charge is 0.332 e. The quantitative estimate of drug-likeness (QED) is 0.178. The van der Waals surface area contributed by atoms with Crippen molar-refractivity contribution in [3.05, 3.63) is 126 Å². The van der Waals surface area contributed by atoms with E-state index < -0.39 is 13.1 Å². The molecule has 1 atom stereocenters. The van der Waals surface area contributed by atoms with Gasteiger partial charge >= 0.3 is 5.97 Å². The lowest BCUT2D eigenvalue weighted by atomic mass is 10.0. The maximum atomic E-state index is 15.0. The lowest BCUT2D eigenvalue weighted by molar-refractivity contribution is -0.137. The Morgan fingerprint density at radius 1 is 0.886 bits per heavy atom. The van der Waals surface area contributed by atoms with E-state index in [0.29, 0.717) is 18.9 Å². The van der Waals surface area contributed by atoms with Crippen molar-refractivity contribution in [3.63, 3.8) is 0 Å². The van der Waals surface area contributed by atoms with Crippen LogP contribution in [0.25, 0.3) is 6.08 Å². The van der Waals surface area contributed by atoms with Crippen molar-refractivity contribution in [3.8, 4) is 0 Å². The van der Waals surface area contributed by atoms with Crippen molar-refractivity contribution < 1.29 is 14.1 Å². The number of esters is 1. The number of nitrogens with zero attached hydrogens (tertiary/aromatic N) is 1. The third-order valence-electron chi connectivity index (χ3n) is 6.34. The second kappa shape index (κ2) is 11.9. The van der Waals surface area contributed by atoms with Gasteiger partial charge in [0.15, 0.2) is 0 Å². The minimum atomic E-state index is -2.82.